The van der Waals surface area contributed by atoms with E-state index in [1.54, 1.807) is 12.3 Å². The number of hydrogen-bond donors (Lipinski definition) is 2. The van der Waals surface area contributed by atoms with Crippen LogP contribution in [0, 0.1) is 5.82 Å². The van der Waals surface area contributed by atoms with Crippen molar-refractivity contribution in [1.82, 2.24) is 4.98 Å². The molecule has 0 amide bonds. The summed E-state index contributed by atoms with van der Waals surface area (Å²) in [6.45, 7) is 0.740. The molecule has 5 heteroatoms. The van der Waals surface area contributed by atoms with Gasteiger partial charge < -0.3 is 11.1 Å². The predicted molar refractivity (Wildman–Crippen MR) is 73.6 cm³/mol. The smallest absolute Gasteiger partial charge is 0.128 e. The first-order valence-electron chi connectivity index (χ1n) is 5.52. The summed E-state index contributed by atoms with van der Waals surface area (Å²) in [5, 5.41) is 3.06. The van der Waals surface area contributed by atoms with E-state index in [1.165, 1.54) is 6.07 Å². The van der Waals surface area contributed by atoms with Crippen molar-refractivity contribution < 1.29 is 4.39 Å². The van der Waals surface area contributed by atoms with E-state index in [0.29, 0.717) is 24.5 Å². The lowest BCUT2D eigenvalue weighted by Crippen LogP contribution is -2.04. The van der Waals surface area contributed by atoms with Crippen molar-refractivity contribution in [3.63, 3.8) is 0 Å². The fraction of sp³-hybridized carbons (Fsp3) is 0.154. The molecule has 0 spiro atoms. The summed E-state index contributed by atoms with van der Waals surface area (Å²) in [7, 11) is 0. The Kier molecular flexibility index (Phi) is 4.28. The van der Waals surface area contributed by atoms with E-state index in [1.807, 2.05) is 18.2 Å². The van der Waals surface area contributed by atoms with Crippen molar-refractivity contribution in [2.24, 2.45) is 5.73 Å². The second-order valence-electron chi connectivity index (χ2n) is 3.85. The van der Waals surface area contributed by atoms with Gasteiger partial charge in [-0.25, -0.2) is 9.37 Å². The van der Waals surface area contributed by atoms with Gasteiger partial charge in [-0.15, -0.1) is 0 Å². The number of nitrogens with zero attached hydrogens (tertiary/aromatic N) is 1. The van der Waals surface area contributed by atoms with Crippen LogP contribution in [-0.2, 0) is 13.1 Å². The molecule has 18 heavy (non-hydrogen) atoms. The number of rotatable bonds is 4. The van der Waals surface area contributed by atoms with Gasteiger partial charge in [0.25, 0.3) is 0 Å². The molecule has 0 unspecified atom stereocenters. The zero-order valence-electron chi connectivity index (χ0n) is 9.66. The van der Waals surface area contributed by atoms with Crippen molar-refractivity contribution in [2.75, 3.05) is 5.32 Å². The van der Waals surface area contributed by atoms with Gasteiger partial charge >= 0.3 is 0 Å². The Morgan fingerprint density at radius 3 is 2.72 bits per heavy atom. The molecule has 1 aromatic heterocycles. The zero-order valence-corrected chi connectivity index (χ0v) is 11.2. The monoisotopic (exact) mass is 309 g/mol. The Balaban J connectivity index is 2.04. The summed E-state index contributed by atoms with van der Waals surface area (Å²) in [5.74, 6) is 0.461. The predicted octanol–water partition coefficient (Wildman–Crippen LogP) is 3.05. The fourth-order valence-corrected chi connectivity index (χ4v) is 1.76. The fourth-order valence-electron chi connectivity index (χ4n) is 1.53. The molecule has 0 saturated heterocycles. The highest BCUT2D eigenvalue weighted by molar-refractivity contribution is 9.10. The molecule has 0 radical (unpaired) electrons. The first-order valence-corrected chi connectivity index (χ1v) is 6.31. The van der Waals surface area contributed by atoms with Crippen molar-refractivity contribution in [2.45, 2.75) is 13.1 Å². The van der Waals surface area contributed by atoms with Crippen LogP contribution in [0.15, 0.2) is 41.0 Å². The molecule has 0 saturated carbocycles. The molecule has 0 aliphatic carbocycles. The molecule has 0 aliphatic heterocycles. The summed E-state index contributed by atoms with van der Waals surface area (Å²) in [5.41, 5.74) is 6.84. The van der Waals surface area contributed by atoms with Crippen LogP contribution in [0.3, 0.4) is 0 Å². The number of halogens is 2. The molecule has 1 aromatic carbocycles. The normalized spacial score (nSPS) is 10.4. The average molecular weight is 310 g/mol. The van der Waals surface area contributed by atoms with Gasteiger partial charge in [-0.2, -0.15) is 0 Å². The van der Waals surface area contributed by atoms with E-state index in [-0.39, 0.29) is 5.82 Å². The number of hydrogen-bond acceptors (Lipinski definition) is 3. The third-order valence-electron chi connectivity index (χ3n) is 2.54. The molecular weight excluding hydrogens is 297 g/mol. The quantitative estimate of drug-likeness (QED) is 0.912. The SMILES string of the molecule is NCc1ccc(CNc2ccc(Br)cn2)c(F)c1. The van der Waals surface area contributed by atoms with Crippen molar-refractivity contribution in [3.8, 4) is 0 Å². The molecule has 2 rings (SSSR count). The van der Waals surface area contributed by atoms with Gasteiger partial charge in [-0.1, -0.05) is 12.1 Å². The maximum absolute atomic E-state index is 13.7. The van der Waals surface area contributed by atoms with Gasteiger partial charge in [0.1, 0.15) is 11.6 Å². The molecule has 0 bridgehead atoms. The van der Waals surface area contributed by atoms with Crippen LogP contribution < -0.4 is 11.1 Å². The van der Waals surface area contributed by atoms with Crippen LogP contribution in [-0.4, -0.2) is 4.98 Å². The highest BCUT2D eigenvalue weighted by Crippen LogP contribution is 2.14. The van der Waals surface area contributed by atoms with Gasteiger partial charge in [0.2, 0.25) is 0 Å². The maximum Gasteiger partial charge on any atom is 0.128 e. The molecule has 3 N–H and O–H groups in total. The Morgan fingerprint density at radius 1 is 1.28 bits per heavy atom. The van der Waals surface area contributed by atoms with E-state index in [4.69, 9.17) is 5.73 Å². The maximum atomic E-state index is 13.7. The summed E-state index contributed by atoms with van der Waals surface area (Å²) < 4.78 is 14.6. The lowest BCUT2D eigenvalue weighted by molar-refractivity contribution is 0.610. The van der Waals surface area contributed by atoms with Crippen LogP contribution in [0.4, 0.5) is 10.2 Å². The summed E-state index contributed by atoms with van der Waals surface area (Å²) in [4.78, 5) is 4.16. The molecular formula is C13H13BrFN3. The highest BCUT2D eigenvalue weighted by Gasteiger charge is 2.03. The standard InChI is InChI=1S/C13H13BrFN3/c14-11-3-4-13(18-8-11)17-7-10-2-1-9(6-16)5-12(10)15/h1-5,8H,6-7,16H2,(H,17,18). The van der Waals surface area contributed by atoms with E-state index in [0.717, 1.165) is 10.0 Å². The summed E-state index contributed by atoms with van der Waals surface area (Å²) in [6, 6.07) is 8.74. The van der Waals surface area contributed by atoms with Gasteiger partial charge in [0.15, 0.2) is 0 Å². The Morgan fingerprint density at radius 2 is 2.11 bits per heavy atom. The molecule has 94 valence electrons. The molecule has 0 fully saturated rings. The second-order valence-corrected chi connectivity index (χ2v) is 4.76. The summed E-state index contributed by atoms with van der Waals surface area (Å²) in [6.07, 6.45) is 1.69. The number of anilines is 1. The van der Waals surface area contributed by atoms with E-state index in [9.17, 15) is 4.39 Å². The van der Waals surface area contributed by atoms with Crippen LogP contribution >= 0.6 is 15.9 Å². The highest BCUT2D eigenvalue weighted by atomic mass is 79.9. The van der Waals surface area contributed by atoms with Gasteiger partial charge in [0.05, 0.1) is 0 Å². The van der Waals surface area contributed by atoms with Crippen LogP contribution in [0.1, 0.15) is 11.1 Å². The molecule has 0 atom stereocenters. The first-order chi connectivity index (χ1) is 8.69. The molecule has 3 nitrogen and oxygen atoms in total. The number of aromatic nitrogens is 1. The number of benzene rings is 1. The third kappa shape index (κ3) is 3.27. The minimum Gasteiger partial charge on any atom is -0.366 e. The van der Waals surface area contributed by atoms with Gasteiger partial charge in [-0.05, 0) is 39.7 Å². The lowest BCUT2D eigenvalue weighted by atomic mass is 10.1. The number of pyridine rings is 1. The number of nitrogens with one attached hydrogen (secondary N) is 1. The zero-order chi connectivity index (χ0) is 13.0. The van der Waals surface area contributed by atoms with Crippen molar-refractivity contribution >= 4 is 21.7 Å². The summed E-state index contributed by atoms with van der Waals surface area (Å²) >= 11 is 3.31. The molecule has 0 aliphatic rings. The van der Waals surface area contributed by atoms with Gasteiger partial charge in [-0.3, -0.25) is 0 Å². The Labute approximate surface area is 113 Å². The second kappa shape index (κ2) is 5.93. The first kappa shape index (κ1) is 13.0. The minimum atomic E-state index is -0.248. The Bertz CT molecular complexity index is 528. The van der Waals surface area contributed by atoms with Crippen LogP contribution in [0.25, 0.3) is 0 Å². The van der Waals surface area contributed by atoms with Crippen molar-refractivity contribution in [1.29, 1.82) is 0 Å². The average Bonchev–Trinajstić information content (AvgIpc) is 2.39. The van der Waals surface area contributed by atoms with E-state index >= 15 is 0 Å². The topological polar surface area (TPSA) is 50.9 Å². The minimum absolute atomic E-state index is 0.248. The molecule has 1 heterocycles. The molecule has 2 aromatic rings. The Hall–Kier alpha value is -1.46. The number of nitrogens with two attached hydrogens (primary N) is 1. The van der Waals surface area contributed by atoms with E-state index in [2.05, 4.69) is 26.2 Å². The third-order valence-corrected chi connectivity index (χ3v) is 3.01. The van der Waals surface area contributed by atoms with Gasteiger partial charge in [0, 0.05) is 29.3 Å². The van der Waals surface area contributed by atoms with Crippen LogP contribution in [0.5, 0.6) is 0 Å². The lowest BCUT2D eigenvalue weighted by Gasteiger charge is -2.07. The van der Waals surface area contributed by atoms with E-state index < -0.39 is 0 Å². The van der Waals surface area contributed by atoms with Crippen molar-refractivity contribution in [3.05, 3.63) is 57.9 Å². The largest absolute Gasteiger partial charge is 0.366 e. The van der Waals surface area contributed by atoms with Crippen LogP contribution in [0.2, 0.25) is 0 Å².